The normalized spacial score (nSPS) is 14.7. The summed E-state index contributed by atoms with van der Waals surface area (Å²) >= 11 is 0. The first-order valence-corrected chi connectivity index (χ1v) is 6.75. The number of aliphatic hydroxyl groups is 1. The minimum absolute atomic E-state index is 0.153. The van der Waals surface area contributed by atoms with Crippen molar-refractivity contribution in [3.05, 3.63) is 29.3 Å². The molecule has 0 spiro atoms. The Bertz CT molecular complexity index is 596. The van der Waals surface area contributed by atoms with Gasteiger partial charge in [-0.25, -0.2) is 0 Å². The van der Waals surface area contributed by atoms with Crippen molar-refractivity contribution in [2.24, 2.45) is 0 Å². The number of benzene rings is 1. The Morgan fingerprint density at radius 2 is 2.00 bits per heavy atom. The number of hydrogen-bond donors (Lipinski definition) is 1. The van der Waals surface area contributed by atoms with Crippen LogP contribution in [0.15, 0.2) is 18.2 Å². The van der Waals surface area contributed by atoms with Crippen molar-refractivity contribution in [2.45, 2.75) is 25.8 Å². The number of carbonyl (C=O) groups excluding carboxylic acids is 2. The molecule has 0 aromatic heterocycles. The molecule has 2 amide bonds. The molecule has 0 atom stereocenters. The molecule has 110 valence electrons. The van der Waals surface area contributed by atoms with Crippen LogP contribution in [0.2, 0.25) is 0 Å². The van der Waals surface area contributed by atoms with Gasteiger partial charge in [-0.1, -0.05) is 11.8 Å². The zero-order valence-electron chi connectivity index (χ0n) is 11.9. The first-order chi connectivity index (χ1) is 10.2. The fraction of sp³-hybridized carbons (Fsp3) is 0.375. The van der Waals surface area contributed by atoms with Gasteiger partial charge in [-0.3, -0.25) is 14.5 Å². The number of amides is 2. The highest BCUT2D eigenvalue weighted by atomic mass is 16.5. The van der Waals surface area contributed by atoms with Gasteiger partial charge in [0.05, 0.1) is 13.7 Å². The van der Waals surface area contributed by atoms with E-state index in [0.717, 1.165) is 5.56 Å². The number of ether oxygens (including phenoxy) is 1. The molecule has 1 fully saturated rings. The van der Waals surface area contributed by atoms with E-state index in [-0.39, 0.29) is 25.0 Å². The van der Waals surface area contributed by atoms with E-state index in [2.05, 4.69) is 11.8 Å². The van der Waals surface area contributed by atoms with Crippen LogP contribution in [0, 0.1) is 11.8 Å². The second-order valence-electron chi connectivity index (χ2n) is 4.71. The van der Waals surface area contributed by atoms with E-state index >= 15 is 0 Å². The van der Waals surface area contributed by atoms with E-state index in [0.29, 0.717) is 30.6 Å². The van der Waals surface area contributed by atoms with Crippen LogP contribution in [0.25, 0.3) is 0 Å². The lowest BCUT2D eigenvalue weighted by Crippen LogP contribution is -2.39. The lowest BCUT2D eigenvalue weighted by atomic mass is 10.1. The molecule has 0 aliphatic carbocycles. The predicted octanol–water partition coefficient (Wildman–Crippen LogP) is 1.08. The number of nitrogens with zero attached hydrogens (tertiary/aromatic N) is 1. The highest BCUT2D eigenvalue weighted by molar-refractivity contribution is 5.97. The van der Waals surface area contributed by atoms with Crippen molar-refractivity contribution >= 4 is 11.8 Å². The molecule has 1 aromatic carbocycles. The van der Waals surface area contributed by atoms with Crippen LogP contribution in [0.3, 0.4) is 0 Å². The molecule has 0 unspecified atom stereocenters. The number of hydrogen-bond acceptors (Lipinski definition) is 4. The molecule has 1 heterocycles. The zero-order chi connectivity index (χ0) is 15.2. The standard InChI is InChI=1S/C16H17NO4/c1-21-14-8-7-12(4-3-9-18)10-13(14)11-17-15(19)5-2-6-16(17)20/h7-8,10,18H,2,5-6,9,11H2,1H3. The van der Waals surface area contributed by atoms with Gasteiger partial charge in [0.1, 0.15) is 12.4 Å². The molecule has 1 aliphatic rings. The molecule has 1 aromatic rings. The molecule has 5 nitrogen and oxygen atoms in total. The first kappa shape index (κ1) is 15.1. The largest absolute Gasteiger partial charge is 0.496 e. The predicted molar refractivity (Wildman–Crippen MR) is 76.4 cm³/mol. The summed E-state index contributed by atoms with van der Waals surface area (Å²) in [5.41, 5.74) is 1.43. The number of rotatable bonds is 3. The van der Waals surface area contributed by atoms with Crippen LogP contribution in [0.5, 0.6) is 5.75 Å². The Hall–Kier alpha value is -2.32. The Morgan fingerprint density at radius 3 is 2.62 bits per heavy atom. The summed E-state index contributed by atoms with van der Waals surface area (Å²) < 4.78 is 5.27. The van der Waals surface area contributed by atoms with Crippen LogP contribution in [-0.4, -0.2) is 35.5 Å². The Kier molecular flexibility index (Phi) is 4.96. The summed E-state index contributed by atoms with van der Waals surface area (Å²) in [6.07, 6.45) is 1.42. The quantitative estimate of drug-likeness (QED) is 0.667. The third-order valence-corrected chi connectivity index (χ3v) is 3.30. The van der Waals surface area contributed by atoms with E-state index in [1.165, 1.54) is 12.0 Å². The second-order valence-corrected chi connectivity index (χ2v) is 4.71. The van der Waals surface area contributed by atoms with Gasteiger partial charge in [-0.15, -0.1) is 0 Å². The van der Waals surface area contributed by atoms with Crippen LogP contribution in [-0.2, 0) is 16.1 Å². The van der Waals surface area contributed by atoms with E-state index < -0.39 is 0 Å². The van der Waals surface area contributed by atoms with Gasteiger partial charge in [0.25, 0.3) is 0 Å². The number of methoxy groups -OCH3 is 1. The number of likely N-dealkylation sites (tertiary alicyclic amines) is 1. The minimum atomic E-state index is -0.218. The molecular weight excluding hydrogens is 270 g/mol. The fourth-order valence-corrected chi connectivity index (χ4v) is 2.27. The summed E-state index contributed by atoms with van der Waals surface area (Å²) in [6, 6.07) is 5.29. The molecule has 0 bridgehead atoms. The van der Waals surface area contributed by atoms with Crippen LogP contribution >= 0.6 is 0 Å². The molecule has 1 N–H and O–H groups in total. The van der Waals surface area contributed by atoms with Gasteiger partial charge in [0.2, 0.25) is 11.8 Å². The third kappa shape index (κ3) is 3.61. The molecule has 1 saturated heterocycles. The number of imide groups is 1. The van der Waals surface area contributed by atoms with E-state index in [1.807, 2.05) is 0 Å². The van der Waals surface area contributed by atoms with Gasteiger partial charge in [0.15, 0.2) is 0 Å². The monoisotopic (exact) mass is 287 g/mol. The summed E-state index contributed by atoms with van der Waals surface area (Å²) in [4.78, 5) is 25.0. The van der Waals surface area contributed by atoms with Gasteiger partial charge in [-0.2, -0.15) is 0 Å². The molecule has 5 heteroatoms. The van der Waals surface area contributed by atoms with Crippen LogP contribution < -0.4 is 4.74 Å². The average Bonchev–Trinajstić information content (AvgIpc) is 2.49. The van der Waals surface area contributed by atoms with Crippen LogP contribution in [0.1, 0.15) is 30.4 Å². The maximum absolute atomic E-state index is 11.9. The first-order valence-electron chi connectivity index (χ1n) is 6.75. The van der Waals surface area contributed by atoms with Gasteiger partial charge in [0, 0.05) is 24.0 Å². The van der Waals surface area contributed by atoms with Crippen LogP contribution in [0.4, 0.5) is 0 Å². The summed E-state index contributed by atoms with van der Waals surface area (Å²) in [7, 11) is 1.54. The number of carbonyl (C=O) groups is 2. The topological polar surface area (TPSA) is 66.8 Å². The maximum Gasteiger partial charge on any atom is 0.229 e. The third-order valence-electron chi connectivity index (χ3n) is 3.30. The van der Waals surface area contributed by atoms with Crippen molar-refractivity contribution in [1.29, 1.82) is 0 Å². The van der Waals surface area contributed by atoms with Crippen molar-refractivity contribution in [3.63, 3.8) is 0 Å². The minimum Gasteiger partial charge on any atom is -0.496 e. The Morgan fingerprint density at radius 1 is 1.29 bits per heavy atom. The van der Waals surface area contributed by atoms with E-state index in [1.54, 1.807) is 18.2 Å². The van der Waals surface area contributed by atoms with Crippen molar-refractivity contribution in [1.82, 2.24) is 4.90 Å². The SMILES string of the molecule is COc1ccc(C#CCO)cc1CN1C(=O)CCCC1=O. The summed E-state index contributed by atoms with van der Waals surface area (Å²) in [6.45, 7) is -0.0278. The fourth-order valence-electron chi connectivity index (χ4n) is 2.27. The highest BCUT2D eigenvalue weighted by Crippen LogP contribution is 2.24. The molecule has 21 heavy (non-hydrogen) atoms. The summed E-state index contributed by atoms with van der Waals surface area (Å²) in [5, 5.41) is 8.73. The zero-order valence-corrected chi connectivity index (χ0v) is 11.9. The number of aliphatic hydroxyl groups excluding tert-OH is 1. The Labute approximate surface area is 123 Å². The lowest BCUT2D eigenvalue weighted by Gasteiger charge is -2.25. The highest BCUT2D eigenvalue weighted by Gasteiger charge is 2.26. The molecule has 1 aliphatic heterocycles. The lowest BCUT2D eigenvalue weighted by molar-refractivity contribution is -0.148. The van der Waals surface area contributed by atoms with Gasteiger partial charge in [-0.05, 0) is 24.6 Å². The van der Waals surface area contributed by atoms with Gasteiger partial charge >= 0.3 is 0 Å². The van der Waals surface area contributed by atoms with Crippen molar-refractivity contribution in [2.75, 3.05) is 13.7 Å². The van der Waals surface area contributed by atoms with E-state index in [9.17, 15) is 9.59 Å². The number of piperidine rings is 1. The van der Waals surface area contributed by atoms with Gasteiger partial charge < -0.3 is 9.84 Å². The molecule has 0 radical (unpaired) electrons. The molecular formula is C16H17NO4. The smallest absolute Gasteiger partial charge is 0.229 e. The molecule has 0 saturated carbocycles. The van der Waals surface area contributed by atoms with E-state index in [4.69, 9.17) is 9.84 Å². The summed E-state index contributed by atoms with van der Waals surface area (Å²) in [5.74, 6) is 5.67. The average molecular weight is 287 g/mol. The second kappa shape index (κ2) is 6.91. The Balaban J connectivity index is 2.28. The maximum atomic E-state index is 11.9. The molecule has 2 rings (SSSR count). The van der Waals surface area contributed by atoms with Crippen molar-refractivity contribution < 1.29 is 19.4 Å². The van der Waals surface area contributed by atoms with Crippen molar-refractivity contribution in [3.8, 4) is 17.6 Å².